The first-order chi connectivity index (χ1) is 11.1. The molecule has 7 nitrogen and oxygen atoms in total. The molecule has 0 radical (unpaired) electrons. The fourth-order valence-electron chi connectivity index (χ4n) is 2.35. The van der Waals surface area contributed by atoms with Crippen molar-refractivity contribution in [3.63, 3.8) is 0 Å². The first kappa shape index (κ1) is 14.8. The number of fused-ring (bicyclic) bond motifs is 1. The third kappa shape index (κ3) is 2.94. The van der Waals surface area contributed by atoms with Crippen molar-refractivity contribution in [3.05, 3.63) is 47.5 Å². The summed E-state index contributed by atoms with van der Waals surface area (Å²) in [6.07, 6.45) is 0. The van der Waals surface area contributed by atoms with Gasteiger partial charge < -0.3 is 15.2 Å². The van der Waals surface area contributed by atoms with Crippen molar-refractivity contribution >= 4 is 23.5 Å². The van der Waals surface area contributed by atoms with Gasteiger partial charge >= 0.3 is 5.97 Å². The van der Waals surface area contributed by atoms with Crippen LogP contribution in [0.4, 0.5) is 11.6 Å². The Labute approximate surface area is 132 Å². The molecule has 0 saturated carbocycles. The molecule has 0 atom stereocenters. The minimum atomic E-state index is -0.428. The normalized spacial score (nSPS) is 13.3. The number of rotatable bonds is 3. The van der Waals surface area contributed by atoms with Gasteiger partial charge in [0.05, 0.1) is 19.2 Å². The molecule has 2 N–H and O–H groups in total. The van der Waals surface area contributed by atoms with E-state index in [0.29, 0.717) is 22.9 Å². The Morgan fingerprint density at radius 2 is 2.22 bits per heavy atom. The van der Waals surface area contributed by atoms with Crippen LogP contribution in [-0.2, 0) is 16.1 Å². The van der Waals surface area contributed by atoms with Gasteiger partial charge in [-0.2, -0.15) is 0 Å². The number of methoxy groups -OCH3 is 1. The third-order valence-corrected chi connectivity index (χ3v) is 3.46. The fraction of sp³-hybridized carbons (Fsp3) is 0.188. The smallest absolute Gasteiger partial charge is 0.337 e. The summed E-state index contributed by atoms with van der Waals surface area (Å²) in [6, 6.07) is 10.2. The molecule has 3 rings (SSSR count). The van der Waals surface area contributed by atoms with Gasteiger partial charge in [-0.1, -0.05) is 12.1 Å². The van der Waals surface area contributed by atoms with Crippen molar-refractivity contribution in [3.8, 4) is 5.75 Å². The van der Waals surface area contributed by atoms with Crippen molar-refractivity contribution in [2.45, 2.75) is 6.54 Å². The van der Waals surface area contributed by atoms with Gasteiger partial charge in [0.25, 0.3) is 5.91 Å². The number of nitrogens with zero attached hydrogens (tertiary/aromatic N) is 2. The largest absolute Gasteiger partial charge is 0.480 e. The molecule has 1 aromatic heterocycles. The summed E-state index contributed by atoms with van der Waals surface area (Å²) < 4.78 is 10.1. The van der Waals surface area contributed by atoms with Crippen molar-refractivity contribution < 1.29 is 19.1 Å². The zero-order valence-electron chi connectivity index (χ0n) is 12.5. The highest BCUT2D eigenvalue weighted by Gasteiger charge is 2.27. The molecule has 1 aliphatic heterocycles. The van der Waals surface area contributed by atoms with E-state index in [4.69, 9.17) is 15.2 Å². The molecular formula is C16H15N3O4. The molecule has 0 bridgehead atoms. The Bertz CT molecular complexity index is 776. The van der Waals surface area contributed by atoms with Gasteiger partial charge in [-0.25, -0.2) is 9.78 Å². The number of anilines is 2. The summed E-state index contributed by atoms with van der Waals surface area (Å²) in [5.41, 5.74) is 6.90. The second-order valence-electron chi connectivity index (χ2n) is 5.02. The molecule has 1 amide bonds. The first-order valence-electron chi connectivity index (χ1n) is 6.95. The maximum Gasteiger partial charge on any atom is 0.337 e. The van der Waals surface area contributed by atoms with Crippen molar-refractivity contribution in [1.29, 1.82) is 0 Å². The number of carbonyl (C=O) groups is 2. The standard InChI is InChI=1S/C16H15N3O4/c1-22-16(21)11-4-2-3-10(7-11)8-19-14(20)9-23-12-5-6-13(17)18-15(12)19/h2-7H,8-9H2,1H3,(H2,17,18). The van der Waals surface area contributed by atoms with Crippen LogP contribution in [0.1, 0.15) is 15.9 Å². The SMILES string of the molecule is COC(=O)c1cccc(CN2C(=O)COc3ccc(N)nc32)c1. The van der Waals surface area contributed by atoms with Crippen LogP contribution in [-0.4, -0.2) is 30.6 Å². The van der Waals surface area contributed by atoms with E-state index >= 15 is 0 Å². The number of pyridine rings is 1. The van der Waals surface area contributed by atoms with Crippen molar-refractivity contribution in [2.75, 3.05) is 24.4 Å². The highest BCUT2D eigenvalue weighted by molar-refractivity contribution is 5.97. The van der Waals surface area contributed by atoms with Gasteiger partial charge in [0, 0.05) is 0 Å². The molecule has 7 heteroatoms. The third-order valence-electron chi connectivity index (χ3n) is 3.46. The summed E-state index contributed by atoms with van der Waals surface area (Å²) in [4.78, 5) is 29.5. The van der Waals surface area contributed by atoms with E-state index in [0.717, 1.165) is 5.56 Å². The lowest BCUT2D eigenvalue weighted by molar-refractivity contribution is -0.121. The molecule has 1 aromatic carbocycles. The maximum absolute atomic E-state index is 12.2. The van der Waals surface area contributed by atoms with Crippen LogP contribution in [0.5, 0.6) is 5.75 Å². The van der Waals surface area contributed by atoms with E-state index in [9.17, 15) is 9.59 Å². The summed E-state index contributed by atoms with van der Waals surface area (Å²) in [7, 11) is 1.32. The number of hydrogen-bond donors (Lipinski definition) is 1. The minimum absolute atomic E-state index is 0.0602. The Hall–Kier alpha value is -3.09. The summed E-state index contributed by atoms with van der Waals surface area (Å²) in [5.74, 6) is 0.532. The number of aromatic nitrogens is 1. The number of ether oxygens (including phenoxy) is 2. The topological polar surface area (TPSA) is 94.8 Å². The fourth-order valence-corrected chi connectivity index (χ4v) is 2.35. The monoisotopic (exact) mass is 313 g/mol. The number of amides is 1. The molecule has 23 heavy (non-hydrogen) atoms. The number of nitrogen functional groups attached to an aromatic ring is 1. The number of esters is 1. The summed E-state index contributed by atoms with van der Waals surface area (Å²) in [6.45, 7) is 0.200. The average Bonchev–Trinajstić information content (AvgIpc) is 2.57. The van der Waals surface area contributed by atoms with Crippen LogP contribution in [0, 0.1) is 0 Å². The van der Waals surface area contributed by atoms with E-state index in [-0.39, 0.29) is 19.1 Å². The highest BCUT2D eigenvalue weighted by atomic mass is 16.5. The van der Waals surface area contributed by atoms with E-state index < -0.39 is 5.97 Å². The number of nitrogens with two attached hydrogens (primary N) is 1. The van der Waals surface area contributed by atoms with Crippen LogP contribution in [0.15, 0.2) is 36.4 Å². The van der Waals surface area contributed by atoms with Crippen molar-refractivity contribution in [1.82, 2.24) is 4.98 Å². The lowest BCUT2D eigenvalue weighted by atomic mass is 10.1. The summed E-state index contributed by atoms with van der Waals surface area (Å²) >= 11 is 0. The Morgan fingerprint density at radius 3 is 3.00 bits per heavy atom. The first-order valence-corrected chi connectivity index (χ1v) is 6.95. The quantitative estimate of drug-likeness (QED) is 0.860. The molecule has 0 aliphatic carbocycles. The van der Waals surface area contributed by atoms with E-state index in [1.54, 1.807) is 30.3 Å². The van der Waals surface area contributed by atoms with E-state index in [1.165, 1.54) is 12.0 Å². The summed E-state index contributed by atoms with van der Waals surface area (Å²) in [5, 5.41) is 0. The number of benzene rings is 1. The molecule has 0 unspecified atom stereocenters. The second kappa shape index (κ2) is 5.96. The van der Waals surface area contributed by atoms with Crippen LogP contribution in [0.25, 0.3) is 0 Å². The molecular weight excluding hydrogens is 298 g/mol. The lowest BCUT2D eigenvalue weighted by Crippen LogP contribution is -2.39. The minimum Gasteiger partial charge on any atom is -0.480 e. The molecule has 2 heterocycles. The lowest BCUT2D eigenvalue weighted by Gasteiger charge is -2.28. The molecule has 0 fully saturated rings. The van der Waals surface area contributed by atoms with Gasteiger partial charge in [-0.05, 0) is 29.8 Å². The molecule has 2 aromatic rings. The number of carbonyl (C=O) groups excluding carboxylic acids is 2. The molecule has 1 aliphatic rings. The maximum atomic E-state index is 12.2. The second-order valence-corrected chi connectivity index (χ2v) is 5.02. The van der Waals surface area contributed by atoms with Gasteiger partial charge in [0.1, 0.15) is 5.82 Å². The van der Waals surface area contributed by atoms with E-state index in [1.807, 2.05) is 6.07 Å². The average molecular weight is 313 g/mol. The zero-order chi connectivity index (χ0) is 16.4. The Kier molecular flexibility index (Phi) is 3.84. The van der Waals surface area contributed by atoms with E-state index in [2.05, 4.69) is 4.98 Å². The Morgan fingerprint density at radius 1 is 1.39 bits per heavy atom. The highest BCUT2D eigenvalue weighted by Crippen LogP contribution is 2.31. The molecule has 0 saturated heterocycles. The molecule has 118 valence electrons. The number of hydrogen-bond acceptors (Lipinski definition) is 6. The van der Waals surface area contributed by atoms with Gasteiger partial charge in [-0.15, -0.1) is 0 Å². The van der Waals surface area contributed by atoms with Crippen LogP contribution in [0.2, 0.25) is 0 Å². The van der Waals surface area contributed by atoms with Gasteiger partial charge in [0.15, 0.2) is 18.2 Å². The predicted molar refractivity (Wildman–Crippen MR) is 83.1 cm³/mol. The zero-order valence-corrected chi connectivity index (χ0v) is 12.5. The van der Waals surface area contributed by atoms with Gasteiger partial charge in [0.2, 0.25) is 0 Å². The van der Waals surface area contributed by atoms with Crippen molar-refractivity contribution in [2.24, 2.45) is 0 Å². The van der Waals surface area contributed by atoms with Crippen LogP contribution in [0.3, 0.4) is 0 Å². The predicted octanol–water partition coefficient (Wildman–Crippen LogP) is 1.38. The van der Waals surface area contributed by atoms with Crippen LogP contribution >= 0.6 is 0 Å². The Balaban J connectivity index is 1.92. The van der Waals surface area contributed by atoms with Crippen LogP contribution < -0.4 is 15.4 Å². The molecule has 0 spiro atoms. The van der Waals surface area contributed by atoms with Gasteiger partial charge in [-0.3, -0.25) is 9.69 Å².